The van der Waals surface area contributed by atoms with Crippen LogP contribution in [-0.2, 0) is 0 Å². The van der Waals surface area contributed by atoms with Gasteiger partial charge in [0.05, 0.1) is 10.5 Å². The molecule has 0 aliphatic carbocycles. The summed E-state index contributed by atoms with van der Waals surface area (Å²) in [5.41, 5.74) is 2.54. The molecule has 0 saturated heterocycles. The molecule has 0 amide bonds. The molecule has 4 heteroatoms. The summed E-state index contributed by atoms with van der Waals surface area (Å²) in [4.78, 5) is 4.29. The van der Waals surface area contributed by atoms with Crippen LogP contribution in [0.4, 0.5) is 4.39 Å². The van der Waals surface area contributed by atoms with Crippen LogP contribution in [0, 0.1) is 12.7 Å². The van der Waals surface area contributed by atoms with Gasteiger partial charge in [-0.15, -0.1) is 0 Å². The molecular weight excluding hydrogens is 307 g/mol. The zero-order valence-corrected chi connectivity index (χ0v) is 12.5. The van der Waals surface area contributed by atoms with E-state index in [0.29, 0.717) is 10.0 Å². The van der Waals surface area contributed by atoms with Crippen molar-refractivity contribution in [3.63, 3.8) is 0 Å². The third-order valence-electron chi connectivity index (χ3n) is 3.06. The van der Waals surface area contributed by atoms with Gasteiger partial charge >= 0.3 is 0 Å². The fourth-order valence-electron chi connectivity index (χ4n) is 2.14. The first-order valence-corrected chi connectivity index (χ1v) is 7.03. The van der Waals surface area contributed by atoms with Crippen molar-refractivity contribution in [1.82, 2.24) is 10.3 Å². The van der Waals surface area contributed by atoms with Crippen LogP contribution >= 0.6 is 15.9 Å². The van der Waals surface area contributed by atoms with Gasteiger partial charge < -0.3 is 5.32 Å². The van der Waals surface area contributed by atoms with Gasteiger partial charge in [0.25, 0.3) is 0 Å². The zero-order valence-electron chi connectivity index (χ0n) is 11.0. The molecule has 0 radical (unpaired) electrons. The van der Waals surface area contributed by atoms with Crippen molar-refractivity contribution in [2.45, 2.75) is 19.9 Å². The summed E-state index contributed by atoms with van der Waals surface area (Å²) >= 11 is 3.24. The minimum absolute atomic E-state index is 0.184. The summed E-state index contributed by atoms with van der Waals surface area (Å²) in [5, 5.41) is 3.32. The molecule has 0 spiro atoms. The minimum Gasteiger partial charge on any atom is -0.306 e. The molecule has 0 aliphatic rings. The lowest BCUT2D eigenvalue weighted by molar-refractivity contribution is 0.552. The summed E-state index contributed by atoms with van der Waals surface area (Å²) in [6.07, 6.45) is 1.75. The Labute approximate surface area is 121 Å². The fraction of sp³-hybridized carbons (Fsp3) is 0.267. The summed E-state index contributed by atoms with van der Waals surface area (Å²) in [6.45, 7) is 4.70. The van der Waals surface area contributed by atoms with Crippen molar-refractivity contribution in [2.24, 2.45) is 0 Å². The standard InChI is InChI=1S/C15H16BrFN2/c1-3-18-15(11-7-5-9-19-10(11)2)12-6-4-8-13(16)14(12)17/h4-9,15,18H,3H2,1-2H3. The third-order valence-corrected chi connectivity index (χ3v) is 3.67. The average molecular weight is 323 g/mol. The summed E-state index contributed by atoms with van der Waals surface area (Å²) in [5.74, 6) is -0.225. The Morgan fingerprint density at radius 2 is 2.00 bits per heavy atom. The number of nitrogens with zero attached hydrogens (tertiary/aromatic N) is 1. The number of hydrogen-bond acceptors (Lipinski definition) is 2. The van der Waals surface area contributed by atoms with E-state index < -0.39 is 0 Å². The summed E-state index contributed by atoms with van der Waals surface area (Å²) in [6, 6.07) is 9.03. The van der Waals surface area contributed by atoms with Crippen molar-refractivity contribution >= 4 is 15.9 Å². The molecule has 0 bridgehead atoms. The van der Waals surface area contributed by atoms with Crippen molar-refractivity contribution in [1.29, 1.82) is 0 Å². The Morgan fingerprint density at radius 3 is 2.68 bits per heavy atom. The quantitative estimate of drug-likeness (QED) is 0.920. The largest absolute Gasteiger partial charge is 0.306 e. The first-order valence-electron chi connectivity index (χ1n) is 6.24. The first kappa shape index (κ1) is 14.2. The van der Waals surface area contributed by atoms with Gasteiger partial charge in [0.1, 0.15) is 5.82 Å². The lowest BCUT2D eigenvalue weighted by Crippen LogP contribution is -2.24. The van der Waals surface area contributed by atoms with Crippen LogP contribution < -0.4 is 5.32 Å². The molecule has 1 heterocycles. The number of nitrogens with one attached hydrogen (secondary N) is 1. The molecule has 2 nitrogen and oxygen atoms in total. The van der Waals surface area contributed by atoms with Gasteiger partial charge in [-0.2, -0.15) is 0 Å². The van der Waals surface area contributed by atoms with Crippen LogP contribution in [0.2, 0.25) is 0 Å². The molecule has 0 fully saturated rings. The Bertz CT molecular complexity index is 572. The highest BCUT2D eigenvalue weighted by Crippen LogP contribution is 2.29. The Kier molecular flexibility index (Phi) is 4.66. The lowest BCUT2D eigenvalue weighted by Gasteiger charge is -2.21. The predicted molar refractivity (Wildman–Crippen MR) is 78.6 cm³/mol. The number of rotatable bonds is 4. The third kappa shape index (κ3) is 3.01. The molecule has 0 aliphatic heterocycles. The molecule has 1 unspecified atom stereocenters. The molecule has 1 aromatic heterocycles. The Morgan fingerprint density at radius 1 is 1.26 bits per heavy atom. The molecule has 1 atom stereocenters. The SMILES string of the molecule is CCNC(c1cccnc1C)c1cccc(Br)c1F. The molecule has 1 N–H and O–H groups in total. The van der Waals surface area contributed by atoms with Crippen LogP contribution in [0.3, 0.4) is 0 Å². The van der Waals surface area contributed by atoms with Gasteiger partial charge in [-0.05, 0) is 47.1 Å². The van der Waals surface area contributed by atoms with E-state index in [4.69, 9.17) is 0 Å². The number of benzene rings is 1. The highest BCUT2D eigenvalue weighted by atomic mass is 79.9. The zero-order chi connectivity index (χ0) is 13.8. The first-order chi connectivity index (χ1) is 9.15. The second-order valence-corrected chi connectivity index (χ2v) is 5.17. The summed E-state index contributed by atoms with van der Waals surface area (Å²) < 4.78 is 14.8. The van der Waals surface area contributed by atoms with E-state index in [1.165, 1.54) is 0 Å². The van der Waals surface area contributed by atoms with E-state index in [9.17, 15) is 4.39 Å². The molecular formula is C15H16BrFN2. The van der Waals surface area contributed by atoms with E-state index in [2.05, 4.69) is 26.2 Å². The van der Waals surface area contributed by atoms with E-state index in [-0.39, 0.29) is 11.9 Å². The van der Waals surface area contributed by atoms with E-state index in [1.807, 2.05) is 32.0 Å². The van der Waals surface area contributed by atoms with E-state index in [0.717, 1.165) is 17.8 Å². The maximum Gasteiger partial charge on any atom is 0.142 e. The van der Waals surface area contributed by atoms with E-state index >= 15 is 0 Å². The molecule has 1 aromatic carbocycles. The van der Waals surface area contributed by atoms with Gasteiger partial charge in [-0.25, -0.2) is 4.39 Å². The van der Waals surface area contributed by atoms with Crippen LogP contribution in [0.5, 0.6) is 0 Å². The highest BCUT2D eigenvalue weighted by Gasteiger charge is 2.20. The van der Waals surface area contributed by atoms with Crippen LogP contribution in [-0.4, -0.2) is 11.5 Å². The number of halogens is 2. The Balaban J connectivity index is 2.52. The minimum atomic E-state index is -0.225. The lowest BCUT2D eigenvalue weighted by atomic mass is 9.97. The van der Waals surface area contributed by atoms with Crippen LogP contribution in [0.15, 0.2) is 41.0 Å². The maximum absolute atomic E-state index is 14.3. The number of aryl methyl sites for hydroxylation is 1. The van der Waals surface area contributed by atoms with Gasteiger partial charge in [-0.3, -0.25) is 4.98 Å². The molecule has 19 heavy (non-hydrogen) atoms. The van der Waals surface area contributed by atoms with Crippen molar-refractivity contribution in [3.05, 3.63) is 63.6 Å². The molecule has 2 rings (SSSR count). The monoisotopic (exact) mass is 322 g/mol. The van der Waals surface area contributed by atoms with E-state index in [1.54, 1.807) is 18.3 Å². The average Bonchev–Trinajstić information content (AvgIpc) is 2.41. The van der Waals surface area contributed by atoms with Gasteiger partial charge in [0, 0.05) is 17.5 Å². The maximum atomic E-state index is 14.3. The molecule has 100 valence electrons. The predicted octanol–water partition coefficient (Wildman–Crippen LogP) is 3.99. The highest BCUT2D eigenvalue weighted by molar-refractivity contribution is 9.10. The van der Waals surface area contributed by atoms with Crippen molar-refractivity contribution in [2.75, 3.05) is 6.54 Å². The topological polar surface area (TPSA) is 24.9 Å². The number of aromatic nitrogens is 1. The number of hydrogen-bond donors (Lipinski definition) is 1. The second-order valence-electron chi connectivity index (χ2n) is 4.31. The van der Waals surface area contributed by atoms with Crippen molar-refractivity contribution in [3.8, 4) is 0 Å². The summed E-state index contributed by atoms with van der Waals surface area (Å²) in [7, 11) is 0. The van der Waals surface area contributed by atoms with Crippen LogP contribution in [0.1, 0.15) is 29.8 Å². The van der Waals surface area contributed by atoms with Gasteiger partial charge in [-0.1, -0.05) is 25.1 Å². The molecule has 2 aromatic rings. The number of pyridine rings is 1. The van der Waals surface area contributed by atoms with Gasteiger partial charge in [0.2, 0.25) is 0 Å². The normalized spacial score (nSPS) is 12.4. The van der Waals surface area contributed by atoms with Crippen LogP contribution in [0.25, 0.3) is 0 Å². The molecule has 0 saturated carbocycles. The Hall–Kier alpha value is -1.26. The second kappa shape index (κ2) is 6.26. The van der Waals surface area contributed by atoms with Gasteiger partial charge in [0.15, 0.2) is 0 Å². The van der Waals surface area contributed by atoms with Crippen molar-refractivity contribution < 1.29 is 4.39 Å². The fourth-order valence-corrected chi connectivity index (χ4v) is 2.52. The smallest absolute Gasteiger partial charge is 0.142 e.